The van der Waals surface area contributed by atoms with Crippen LogP contribution in [0.25, 0.3) is 0 Å². The molecule has 0 aliphatic carbocycles. The van der Waals surface area contributed by atoms with Gasteiger partial charge < -0.3 is 0 Å². The lowest BCUT2D eigenvalue weighted by molar-refractivity contribution is 0.674. The summed E-state index contributed by atoms with van der Waals surface area (Å²) in [6.45, 7) is 8.26. The smallest absolute Gasteiger partial charge is 0.268 e. The maximum atomic E-state index is 11.7. The van der Waals surface area contributed by atoms with E-state index in [9.17, 15) is 4.79 Å². The van der Waals surface area contributed by atoms with Crippen LogP contribution in [-0.4, -0.2) is 9.55 Å². The molecule has 1 heterocycles. The van der Waals surface area contributed by atoms with Crippen LogP contribution < -0.4 is 5.56 Å². The molecule has 0 amide bonds. The topological polar surface area (TPSA) is 34.9 Å². The summed E-state index contributed by atoms with van der Waals surface area (Å²) in [4.78, 5) is 15.8. The molecule has 0 aromatic carbocycles. The molecule has 76 valence electrons. The first-order valence-corrected chi connectivity index (χ1v) is 5.24. The van der Waals surface area contributed by atoms with Crippen LogP contribution in [0.3, 0.4) is 0 Å². The minimum atomic E-state index is -0.0490. The molecule has 0 fully saturated rings. The molecule has 0 saturated heterocycles. The summed E-state index contributed by atoms with van der Waals surface area (Å²) in [5.41, 5.74) is 0.974. The van der Waals surface area contributed by atoms with Crippen LogP contribution in [-0.2, 0) is 6.54 Å². The normalized spacial score (nSPS) is 10.2. The summed E-state index contributed by atoms with van der Waals surface area (Å²) in [6, 6.07) is 0. The third kappa shape index (κ3) is 2.32. The Morgan fingerprint density at radius 2 is 2.36 bits per heavy atom. The molecule has 0 bridgehead atoms. The SMILES string of the molecule is C=C(CC)Cn1c(C)ncc(Br)c1=O. The van der Waals surface area contributed by atoms with Gasteiger partial charge in [-0.25, -0.2) is 4.98 Å². The number of aryl methyl sites for hydroxylation is 1. The standard InChI is InChI=1S/C10H13BrN2O/c1-4-7(2)6-13-8(3)12-5-9(11)10(13)14/h5H,2,4,6H2,1,3H3. The molecule has 0 saturated carbocycles. The maximum Gasteiger partial charge on any atom is 0.268 e. The van der Waals surface area contributed by atoms with E-state index in [0.29, 0.717) is 16.8 Å². The second-order valence-electron chi connectivity index (χ2n) is 3.15. The van der Waals surface area contributed by atoms with Crippen LogP contribution in [0.1, 0.15) is 19.2 Å². The molecule has 0 aliphatic rings. The van der Waals surface area contributed by atoms with Crippen molar-refractivity contribution in [1.82, 2.24) is 9.55 Å². The van der Waals surface area contributed by atoms with E-state index in [1.807, 2.05) is 13.8 Å². The molecular formula is C10H13BrN2O. The molecule has 1 aromatic heterocycles. The summed E-state index contributed by atoms with van der Waals surface area (Å²) in [5, 5.41) is 0. The van der Waals surface area contributed by atoms with Gasteiger partial charge in [0.05, 0.1) is 0 Å². The van der Waals surface area contributed by atoms with E-state index < -0.39 is 0 Å². The Morgan fingerprint density at radius 1 is 1.71 bits per heavy atom. The van der Waals surface area contributed by atoms with Gasteiger partial charge in [0.1, 0.15) is 10.3 Å². The maximum absolute atomic E-state index is 11.7. The minimum Gasteiger partial charge on any atom is -0.292 e. The van der Waals surface area contributed by atoms with Crippen molar-refractivity contribution in [2.75, 3.05) is 0 Å². The molecule has 1 aromatic rings. The zero-order valence-electron chi connectivity index (χ0n) is 8.38. The van der Waals surface area contributed by atoms with E-state index in [0.717, 1.165) is 12.0 Å². The van der Waals surface area contributed by atoms with E-state index >= 15 is 0 Å². The Labute approximate surface area is 91.6 Å². The van der Waals surface area contributed by atoms with Crippen LogP contribution in [0, 0.1) is 6.92 Å². The van der Waals surface area contributed by atoms with Crippen LogP contribution in [0.5, 0.6) is 0 Å². The highest BCUT2D eigenvalue weighted by Gasteiger charge is 2.05. The zero-order chi connectivity index (χ0) is 10.7. The van der Waals surface area contributed by atoms with Crippen LogP contribution in [0.15, 0.2) is 27.6 Å². The highest BCUT2D eigenvalue weighted by atomic mass is 79.9. The fourth-order valence-electron chi connectivity index (χ4n) is 1.07. The first-order chi connectivity index (χ1) is 6.56. The summed E-state index contributed by atoms with van der Waals surface area (Å²) < 4.78 is 2.11. The van der Waals surface area contributed by atoms with E-state index in [-0.39, 0.29) is 5.56 Å². The molecule has 0 radical (unpaired) electrons. The van der Waals surface area contributed by atoms with Crippen LogP contribution in [0.4, 0.5) is 0 Å². The molecule has 0 N–H and O–H groups in total. The molecule has 0 spiro atoms. The lowest BCUT2D eigenvalue weighted by Crippen LogP contribution is -2.24. The predicted molar refractivity (Wildman–Crippen MR) is 60.4 cm³/mol. The van der Waals surface area contributed by atoms with Gasteiger partial charge in [-0.3, -0.25) is 9.36 Å². The quantitative estimate of drug-likeness (QED) is 0.778. The lowest BCUT2D eigenvalue weighted by atomic mass is 10.2. The van der Waals surface area contributed by atoms with Crippen molar-refractivity contribution in [1.29, 1.82) is 0 Å². The van der Waals surface area contributed by atoms with Crippen LogP contribution in [0.2, 0.25) is 0 Å². The third-order valence-electron chi connectivity index (χ3n) is 2.09. The fourth-order valence-corrected chi connectivity index (χ4v) is 1.39. The predicted octanol–water partition coefficient (Wildman–Crippen LogP) is 2.28. The molecule has 3 nitrogen and oxygen atoms in total. The Morgan fingerprint density at radius 3 is 2.93 bits per heavy atom. The monoisotopic (exact) mass is 256 g/mol. The highest BCUT2D eigenvalue weighted by Crippen LogP contribution is 2.05. The van der Waals surface area contributed by atoms with Gasteiger partial charge in [0.15, 0.2) is 0 Å². The number of allylic oxidation sites excluding steroid dienone is 1. The van der Waals surface area contributed by atoms with Crippen molar-refractivity contribution in [2.45, 2.75) is 26.8 Å². The molecule has 0 atom stereocenters. The van der Waals surface area contributed by atoms with Crippen molar-refractivity contribution in [3.63, 3.8) is 0 Å². The first-order valence-electron chi connectivity index (χ1n) is 4.44. The van der Waals surface area contributed by atoms with Gasteiger partial charge in [-0.05, 0) is 29.3 Å². The summed E-state index contributed by atoms with van der Waals surface area (Å²) in [6.07, 6.45) is 2.40. The number of halogens is 1. The summed E-state index contributed by atoms with van der Waals surface area (Å²) in [5.74, 6) is 0.716. The number of aromatic nitrogens is 2. The molecule has 14 heavy (non-hydrogen) atoms. The molecule has 0 aliphatic heterocycles. The van der Waals surface area contributed by atoms with Crippen molar-refractivity contribution in [2.24, 2.45) is 0 Å². The average molecular weight is 257 g/mol. The third-order valence-corrected chi connectivity index (χ3v) is 2.63. The minimum absolute atomic E-state index is 0.0490. The van der Waals surface area contributed by atoms with Gasteiger partial charge in [-0.2, -0.15) is 0 Å². The van der Waals surface area contributed by atoms with Gasteiger partial charge in [0.2, 0.25) is 0 Å². The number of hydrogen-bond acceptors (Lipinski definition) is 2. The molecule has 4 heteroatoms. The fraction of sp³-hybridized carbons (Fsp3) is 0.400. The second kappa shape index (κ2) is 4.55. The molecular weight excluding hydrogens is 244 g/mol. The Bertz CT molecular complexity index is 409. The van der Waals surface area contributed by atoms with Gasteiger partial charge in [0, 0.05) is 12.7 Å². The van der Waals surface area contributed by atoms with Crippen molar-refractivity contribution < 1.29 is 0 Å². The van der Waals surface area contributed by atoms with Gasteiger partial charge in [-0.15, -0.1) is 0 Å². The average Bonchev–Trinajstić information content (AvgIpc) is 2.18. The Balaban J connectivity index is 3.13. The largest absolute Gasteiger partial charge is 0.292 e. The second-order valence-corrected chi connectivity index (χ2v) is 4.00. The van der Waals surface area contributed by atoms with E-state index in [1.165, 1.54) is 6.20 Å². The Hall–Kier alpha value is -0.900. The van der Waals surface area contributed by atoms with E-state index in [1.54, 1.807) is 4.57 Å². The molecule has 1 rings (SSSR count). The summed E-state index contributed by atoms with van der Waals surface area (Å²) in [7, 11) is 0. The van der Waals surface area contributed by atoms with Gasteiger partial charge >= 0.3 is 0 Å². The zero-order valence-corrected chi connectivity index (χ0v) is 9.97. The highest BCUT2D eigenvalue weighted by molar-refractivity contribution is 9.10. The molecule has 0 unspecified atom stereocenters. The summed E-state index contributed by atoms with van der Waals surface area (Å²) >= 11 is 3.17. The first kappa shape index (κ1) is 11.2. The lowest BCUT2D eigenvalue weighted by Gasteiger charge is -2.09. The Kier molecular flexibility index (Phi) is 3.63. The van der Waals surface area contributed by atoms with Crippen molar-refractivity contribution in [3.05, 3.63) is 39.0 Å². The van der Waals surface area contributed by atoms with Crippen molar-refractivity contribution in [3.8, 4) is 0 Å². The number of nitrogens with zero attached hydrogens (tertiary/aromatic N) is 2. The van der Waals surface area contributed by atoms with Gasteiger partial charge in [0.25, 0.3) is 5.56 Å². The van der Waals surface area contributed by atoms with E-state index in [2.05, 4.69) is 27.5 Å². The van der Waals surface area contributed by atoms with Crippen LogP contribution >= 0.6 is 15.9 Å². The van der Waals surface area contributed by atoms with E-state index in [4.69, 9.17) is 0 Å². The van der Waals surface area contributed by atoms with Crippen molar-refractivity contribution >= 4 is 15.9 Å². The van der Waals surface area contributed by atoms with Gasteiger partial charge in [-0.1, -0.05) is 19.1 Å². The number of rotatable bonds is 3. The number of hydrogen-bond donors (Lipinski definition) is 0.